The van der Waals surface area contributed by atoms with E-state index in [9.17, 15) is 14.0 Å². The summed E-state index contributed by atoms with van der Waals surface area (Å²) in [6.45, 7) is 2.22. The maximum Gasteiger partial charge on any atom is 0.239 e. The summed E-state index contributed by atoms with van der Waals surface area (Å²) in [4.78, 5) is 22.6. The number of hydrogen-bond donors (Lipinski definition) is 2. The Balaban J connectivity index is 2.21. The van der Waals surface area contributed by atoms with E-state index in [4.69, 9.17) is 0 Å². The molecule has 5 heteroatoms. The molecule has 0 heterocycles. The summed E-state index contributed by atoms with van der Waals surface area (Å²) in [5, 5.41) is 5.15. The molecule has 1 aromatic rings. The highest BCUT2D eigenvalue weighted by Crippen LogP contribution is 2.05. The Morgan fingerprint density at radius 2 is 1.89 bits per heavy atom. The molecule has 104 valence electrons. The largest absolute Gasteiger partial charge is 0.354 e. The maximum absolute atomic E-state index is 13.3. The van der Waals surface area contributed by atoms with Gasteiger partial charge in [0.25, 0.3) is 0 Å². The number of amides is 2. The summed E-state index contributed by atoms with van der Waals surface area (Å²) < 4.78 is 13.3. The first-order valence-electron chi connectivity index (χ1n) is 6.40. The fourth-order valence-corrected chi connectivity index (χ4v) is 1.59. The van der Waals surface area contributed by atoms with Gasteiger partial charge in [0.1, 0.15) is 5.82 Å². The highest BCUT2D eigenvalue weighted by atomic mass is 19.1. The molecule has 0 unspecified atom stereocenters. The molecule has 1 aromatic carbocycles. The third-order valence-corrected chi connectivity index (χ3v) is 2.60. The average Bonchev–Trinajstić information content (AvgIpc) is 2.39. The number of carbonyl (C=O) groups excluding carboxylic acids is 2. The predicted molar refractivity (Wildman–Crippen MR) is 71.0 cm³/mol. The van der Waals surface area contributed by atoms with Gasteiger partial charge in [0.15, 0.2) is 0 Å². The number of hydrogen-bond acceptors (Lipinski definition) is 2. The first-order valence-corrected chi connectivity index (χ1v) is 6.40. The van der Waals surface area contributed by atoms with Gasteiger partial charge in [-0.05, 0) is 24.5 Å². The van der Waals surface area contributed by atoms with Crippen molar-refractivity contribution in [3.8, 4) is 0 Å². The Morgan fingerprint density at radius 3 is 2.58 bits per heavy atom. The highest BCUT2D eigenvalue weighted by Gasteiger charge is 2.05. The van der Waals surface area contributed by atoms with Crippen molar-refractivity contribution in [1.82, 2.24) is 10.6 Å². The van der Waals surface area contributed by atoms with Gasteiger partial charge in [0, 0.05) is 13.0 Å². The van der Waals surface area contributed by atoms with Crippen molar-refractivity contribution >= 4 is 11.8 Å². The molecule has 19 heavy (non-hydrogen) atoms. The highest BCUT2D eigenvalue weighted by molar-refractivity contribution is 5.84. The second kappa shape index (κ2) is 8.24. The van der Waals surface area contributed by atoms with E-state index in [2.05, 4.69) is 10.6 Å². The number of carbonyl (C=O) groups is 2. The van der Waals surface area contributed by atoms with Gasteiger partial charge >= 0.3 is 0 Å². The van der Waals surface area contributed by atoms with Crippen molar-refractivity contribution < 1.29 is 14.0 Å². The van der Waals surface area contributed by atoms with Crippen LogP contribution in [0.1, 0.15) is 25.3 Å². The molecule has 0 spiro atoms. The lowest BCUT2D eigenvalue weighted by atomic mass is 10.1. The first-order chi connectivity index (χ1) is 9.13. The molecule has 1 rings (SSSR count). The molecule has 2 N–H and O–H groups in total. The van der Waals surface area contributed by atoms with Crippen molar-refractivity contribution in [3.05, 3.63) is 35.6 Å². The normalized spacial score (nSPS) is 10.0. The molecule has 0 saturated heterocycles. The lowest BCUT2D eigenvalue weighted by molar-refractivity contribution is -0.126. The van der Waals surface area contributed by atoms with Gasteiger partial charge in [-0.25, -0.2) is 4.39 Å². The van der Waals surface area contributed by atoms with Crippen LogP contribution in [0.25, 0.3) is 0 Å². The molecule has 0 bridgehead atoms. The standard InChI is InChI=1S/C14H19FN2O2/c1-2-5-13(18)17-10-14(19)16-9-8-11-6-3-4-7-12(11)15/h3-4,6-7H,2,5,8-10H2,1H3,(H,16,19)(H,17,18). The van der Waals surface area contributed by atoms with Gasteiger partial charge in [0.2, 0.25) is 11.8 Å². The molecule has 0 aliphatic carbocycles. The minimum atomic E-state index is -0.270. The molecule has 0 aliphatic heterocycles. The Morgan fingerprint density at radius 1 is 1.16 bits per heavy atom. The maximum atomic E-state index is 13.3. The monoisotopic (exact) mass is 266 g/mol. The lowest BCUT2D eigenvalue weighted by Gasteiger charge is -2.07. The summed E-state index contributed by atoms with van der Waals surface area (Å²) >= 11 is 0. The number of rotatable bonds is 7. The van der Waals surface area contributed by atoms with Crippen LogP contribution < -0.4 is 10.6 Å². The first kappa shape index (κ1) is 15.1. The second-order valence-electron chi connectivity index (χ2n) is 4.22. The molecule has 4 nitrogen and oxygen atoms in total. The van der Waals surface area contributed by atoms with Crippen LogP contribution in [0.2, 0.25) is 0 Å². The molecule has 2 amide bonds. The molecule has 0 saturated carbocycles. The van der Waals surface area contributed by atoms with Crippen LogP contribution in [0.4, 0.5) is 4.39 Å². The van der Waals surface area contributed by atoms with Crippen LogP contribution in [0.15, 0.2) is 24.3 Å². The minimum Gasteiger partial charge on any atom is -0.354 e. The third kappa shape index (κ3) is 5.99. The molecule has 0 aliphatic rings. The van der Waals surface area contributed by atoms with Gasteiger partial charge in [-0.15, -0.1) is 0 Å². The molecular formula is C14H19FN2O2. The van der Waals surface area contributed by atoms with E-state index in [1.54, 1.807) is 18.2 Å². The SMILES string of the molecule is CCCC(=O)NCC(=O)NCCc1ccccc1F. The third-order valence-electron chi connectivity index (χ3n) is 2.60. The minimum absolute atomic E-state index is 0.0316. The molecule has 0 fully saturated rings. The zero-order valence-corrected chi connectivity index (χ0v) is 11.0. The van der Waals surface area contributed by atoms with E-state index in [1.165, 1.54) is 6.07 Å². The zero-order valence-electron chi connectivity index (χ0n) is 11.0. The van der Waals surface area contributed by atoms with E-state index in [0.29, 0.717) is 24.9 Å². The zero-order chi connectivity index (χ0) is 14.1. The topological polar surface area (TPSA) is 58.2 Å². The van der Waals surface area contributed by atoms with E-state index in [-0.39, 0.29) is 24.2 Å². The van der Waals surface area contributed by atoms with Crippen molar-refractivity contribution in [1.29, 1.82) is 0 Å². The summed E-state index contributed by atoms with van der Waals surface area (Å²) in [6.07, 6.45) is 1.60. The Labute approximate surface area is 112 Å². The fourth-order valence-electron chi connectivity index (χ4n) is 1.59. The van der Waals surface area contributed by atoms with Crippen molar-refractivity contribution in [2.24, 2.45) is 0 Å². The van der Waals surface area contributed by atoms with Gasteiger partial charge in [-0.2, -0.15) is 0 Å². The predicted octanol–water partition coefficient (Wildman–Crippen LogP) is 1.40. The molecule has 0 aromatic heterocycles. The van der Waals surface area contributed by atoms with Crippen LogP contribution in [0.5, 0.6) is 0 Å². The summed E-state index contributed by atoms with van der Waals surface area (Å²) in [5.74, 6) is -0.666. The summed E-state index contributed by atoms with van der Waals surface area (Å²) in [6, 6.07) is 6.46. The fraction of sp³-hybridized carbons (Fsp3) is 0.429. The molecule has 0 atom stereocenters. The van der Waals surface area contributed by atoms with Crippen LogP contribution in [0, 0.1) is 5.82 Å². The van der Waals surface area contributed by atoms with E-state index in [0.717, 1.165) is 6.42 Å². The van der Waals surface area contributed by atoms with Crippen LogP contribution in [0.3, 0.4) is 0 Å². The Bertz CT molecular complexity index is 435. The quantitative estimate of drug-likeness (QED) is 0.783. The number of halogens is 1. The molecular weight excluding hydrogens is 247 g/mol. The van der Waals surface area contributed by atoms with Gasteiger partial charge < -0.3 is 10.6 Å². The van der Waals surface area contributed by atoms with Crippen molar-refractivity contribution in [2.75, 3.05) is 13.1 Å². The lowest BCUT2D eigenvalue weighted by Crippen LogP contribution is -2.37. The van der Waals surface area contributed by atoms with Crippen molar-refractivity contribution in [3.63, 3.8) is 0 Å². The second-order valence-corrected chi connectivity index (χ2v) is 4.22. The van der Waals surface area contributed by atoms with E-state index < -0.39 is 0 Å². The smallest absolute Gasteiger partial charge is 0.239 e. The molecule has 0 radical (unpaired) electrons. The van der Waals surface area contributed by atoms with Crippen LogP contribution in [-0.2, 0) is 16.0 Å². The Kier molecular flexibility index (Phi) is 6.57. The van der Waals surface area contributed by atoms with E-state index in [1.807, 2.05) is 6.92 Å². The summed E-state index contributed by atoms with van der Waals surface area (Å²) in [7, 11) is 0. The van der Waals surface area contributed by atoms with E-state index >= 15 is 0 Å². The average molecular weight is 266 g/mol. The number of nitrogens with one attached hydrogen (secondary N) is 2. The van der Waals surface area contributed by atoms with Crippen molar-refractivity contribution in [2.45, 2.75) is 26.2 Å². The Hall–Kier alpha value is -1.91. The van der Waals surface area contributed by atoms with Gasteiger partial charge in [-0.1, -0.05) is 25.1 Å². The van der Waals surface area contributed by atoms with Gasteiger partial charge in [0.05, 0.1) is 6.54 Å². The van der Waals surface area contributed by atoms with Crippen LogP contribution >= 0.6 is 0 Å². The van der Waals surface area contributed by atoms with Crippen LogP contribution in [-0.4, -0.2) is 24.9 Å². The number of benzene rings is 1. The van der Waals surface area contributed by atoms with Gasteiger partial charge in [-0.3, -0.25) is 9.59 Å². The summed E-state index contributed by atoms with van der Waals surface area (Å²) in [5.41, 5.74) is 0.567.